The summed E-state index contributed by atoms with van der Waals surface area (Å²) in [7, 11) is 0. The normalized spacial score (nSPS) is 17.2. The Morgan fingerprint density at radius 2 is 2.10 bits per heavy atom. The van der Waals surface area contributed by atoms with Crippen LogP contribution in [0.1, 0.15) is 12.5 Å². The van der Waals surface area contributed by atoms with Crippen LogP contribution in [0.4, 0.5) is 10.1 Å². The number of nitro groups is 1. The number of carbonyl (C=O) groups is 1. The van der Waals surface area contributed by atoms with Crippen molar-refractivity contribution < 1.29 is 18.8 Å². The molecule has 10 heteroatoms. The lowest BCUT2D eigenvalue weighted by Crippen LogP contribution is -2.54. The molecule has 0 bridgehead atoms. The van der Waals surface area contributed by atoms with Crippen molar-refractivity contribution >= 4 is 23.2 Å². The topological polar surface area (TPSA) is 88.8 Å². The molecule has 1 saturated heterocycles. The fraction of sp³-hybridized carbons (Fsp3) is 0.368. The van der Waals surface area contributed by atoms with Gasteiger partial charge in [0.1, 0.15) is 5.82 Å². The third-order valence-electron chi connectivity index (χ3n) is 4.68. The molecule has 0 spiro atoms. The van der Waals surface area contributed by atoms with Gasteiger partial charge in [0.25, 0.3) is 11.8 Å². The zero-order valence-electron chi connectivity index (χ0n) is 15.8. The molecule has 0 radical (unpaired) electrons. The highest BCUT2D eigenvalue weighted by Crippen LogP contribution is 2.27. The molecule has 0 saturated carbocycles. The molecule has 1 unspecified atom stereocenters. The lowest BCUT2D eigenvalue weighted by Gasteiger charge is -2.39. The van der Waals surface area contributed by atoms with Gasteiger partial charge in [-0.2, -0.15) is 0 Å². The van der Waals surface area contributed by atoms with Crippen LogP contribution in [0, 0.1) is 15.9 Å². The second-order valence-electron chi connectivity index (χ2n) is 6.82. The molecule has 8 nitrogen and oxygen atoms in total. The maximum Gasteiger partial charge on any atom is 0.332 e. The number of pyridine rings is 1. The van der Waals surface area contributed by atoms with Crippen molar-refractivity contribution in [3.63, 3.8) is 0 Å². The largest absolute Gasteiger partial charge is 0.463 e. The highest BCUT2D eigenvalue weighted by atomic mass is 35.5. The molecule has 1 aromatic heterocycles. The van der Waals surface area contributed by atoms with Gasteiger partial charge >= 0.3 is 5.69 Å². The fourth-order valence-electron chi connectivity index (χ4n) is 3.27. The molecule has 0 aliphatic carbocycles. The van der Waals surface area contributed by atoms with Crippen LogP contribution >= 0.6 is 11.6 Å². The van der Waals surface area contributed by atoms with Crippen molar-refractivity contribution in [1.29, 1.82) is 0 Å². The first-order chi connectivity index (χ1) is 13.8. The van der Waals surface area contributed by atoms with Gasteiger partial charge in [-0.3, -0.25) is 19.8 Å². The Morgan fingerprint density at radius 1 is 1.38 bits per heavy atom. The summed E-state index contributed by atoms with van der Waals surface area (Å²) in [5.74, 6) is -0.784. The minimum absolute atomic E-state index is 0.0616. The van der Waals surface area contributed by atoms with Crippen molar-refractivity contribution in [2.24, 2.45) is 0 Å². The number of ether oxygens (including phenoxy) is 1. The molecule has 1 aliphatic rings. The number of benzene rings is 1. The maximum atomic E-state index is 13.0. The summed E-state index contributed by atoms with van der Waals surface area (Å²) in [4.78, 5) is 30.6. The summed E-state index contributed by atoms with van der Waals surface area (Å²) in [5, 5.41) is 11.2. The second kappa shape index (κ2) is 9.15. The third kappa shape index (κ3) is 5.39. The predicted octanol–water partition coefficient (Wildman–Crippen LogP) is 2.89. The molecule has 0 N–H and O–H groups in total. The maximum absolute atomic E-state index is 13.0. The Bertz CT molecular complexity index is 896. The van der Waals surface area contributed by atoms with Gasteiger partial charge in [-0.1, -0.05) is 23.7 Å². The van der Waals surface area contributed by atoms with E-state index in [2.05, 4.69) is 9.88 Å². The van der Waals surface area contributed by atoms with E-state index in [1.807, 2.05) is 6.92 Å². The van der Waals surface area contributed by atoms with Crippen LogP contribution in [-0.2, 0) is 11.3 Å². The lowest BCUT2D eigenvalue weighted by atomic mass is 10.1. The molecular weight excluding hydrogens is 403 g/mol. The Morgan fingerprint density at radius 3 is 2.76 bits per heavy atom. The minimum atomic E-state index is -0.657. The Labute approximate surface area is 172 Å². The molecule has 1 aromatic carbocycles. The molecule has 29 heavy (non-hydrogen) atoms. The number of halogens is 2. The molecule has 1 atom stereocenters. The Kier molecular flexibility index (Phi) is 6.60. The molecule has 1 fully saturated rings. The standard InChI is InChI=1S/C19H20ClFN4O4/c1-13-10-23(11-14-2-4-16(21)5-3-14)6-7-24(13)18(26)12-29-19-17(25(27)28)8-15(20)9-22-19/h2-5,8-9,13H,6-7,10-12H2,1H3. The summed E-state index contributed by atoms with van der Waals surface area (Å²) >= 11 is 5.72. The van der Waals surface area contributed by atoms with Crippen LogP contribution in [0.3, 0.4) is 0 Å². The smallest absolute Gasteiger partial charge is 0.332 e. The van der Waals surface area contributed by atoms with Crippen LogP contribution in [0.5, 0.6) is 5.88 Å². The van der Waals surface area contributed by atoms with Crippen molar-refractivity contribution in [2.75, 3.05) is 26.2 Å². The first kappa shape index (κ1) is 20.9. The number of hydrogen-bond donors (Lipinski definition) is 0. The van der Waals surface area contributed by atoms with Crippen molar-refractivity contribution in [3.05, 3.63) is 63.0 Å². The Balaban J connectivity index is 1.55. The monoisotopic (exact) mass is 422 g/mol. The molecule has 3 rings (SSSR count). The van der Waals surface area contributed by atoms with Gasteiger partial charge in [-0.15, -0.1) is 0 Å². The summed E-state index contributed by atoms with van der Waals surface area (Å²) in [6.45, 7) is 4.06. The predicted molar refractivity (Wildman–Crippen MR) is 104 cm³/mol. The summed E-state index contributed by atoms with van der Waals surface area (Å²) in [5.41, 5.74) is 0.616. The van der Waals surface area contributed by atoms with Crippen LogP contribution in [0.2, 0.25) is 5.02 Å². The number of piperazine rings is 1. The quantitative estimate of drug-likeness (QED) is 0.525. The summed E-state index contributed by atoms with van der Waals surface area (Å²) in [6.07, 6.45) is 1.23. The van der Waals surface area contributed by atoms with Crippen LogP contribution in [-0.4, -0.2) is 57.9 Å². The van der Waals surface area contributed by atoms with Gasteiger partial charge in [-0.05, 0) is 24.6 Å². The SMILES string of the molecule is CC1CN(Cc2ccc(F)cc2)CCN1C(=O)COc1ncc(Cl)cc1[N+](=O)[O-]. The zero-order chi connectivity index (χ0) is 21.0. The van der Waals surface area contributed by atoms with E-state index in [-0.39, 0.29) is 41.0 Å². The van der Waals surface area contributed by atoms with Gasteiger partial charge in [0.2, 0.25) is 0 Å². The van der Waals surface area contributed by atoms with E-state index in [9.17, 15) is 19.3 Å². The number of carbonyl (C=O) groups excluding carboxylic acids is 1. The van der Waals surface area contributed by atoms with E-state index < -0.39 is 4.92 Å². The van der Waals surface area contributed by atoms with E-state index in [0.717, 1.165) is 11.6 Å². The molecular formula is C19H20ClFN4O4. The molecule has 2 heterocycles. The van der Waals surface area contributed by atoms with Gasteiger partial charge in [0.05, 0.1) is 16.1 Å². The molecule has 154 valence electrons. The molecule has 2 aromatic rings. The first-order valence-electron chi connectivity index (χ1n) is 9.02. The van der Waals surface area contributed by atoms with Crippen molar-refractivity contribution in [2.45, 2.75) is 19.5 Å². The highest BCUT2D eigenvalue weighted by Gasteiger charge is 2.28. The Hall–Kier alpha value is -2.78. The van der Waals surface area contributed by atoms with E-state index in [4.69, 9.17) is 16.3 Å². The fourth-order valence-corrected chi connectivity index (χ4v) is 3.42. The van der Waals surface area contributed by atoms with Gasteiger partial charge in [-0.25, -0.2) is 9.37 Å². The van der Waals surface area contributed by atoms with Crippen LogP contribution in [0.15, 0.2) is 36.5 Å². The zero-order valence-corrected chi connectivity index (χ0v) is 16.5. The van der Waals surface area contributed by atoms with E-state index in [1.165, 1.54) is 18.3 Å². The number of hydrogen-bond acceptors (Lipinski definition) is 6. The van der Waals surface area contributed by atoms with Crippen molar-refractivity contribution in [3.8, 4) is 5.88 Å². The van der Waals surface area contributed by atoms with Crippen LogP contribution < -0.4 is 4.74 Å². The average molecular weight is 423 g/mol. The van der Waals surface area contributed by atoms with Crippen molar-refractivity contribution in [1.82, 2.24) is 14.8 Å². The van der Waals surface area contributed by atoms with E-state index >= 15 is 0 Å². The first-order valence-corrected chi connectivity index (χ1v) is 9.40. The van der Waals surface area contributed by atoms with Gasteiger partial charge < -0.3 is 9.64 Å². The highest BCUT2D eigenvalue weighted by molar-refractivity contribution is 6.30. The van der Waals surface area contributed by atoms with E-state index in [1.54, 1.807) is 17.0 Å². The third-order valence-corrected chi connectivity index (χ3v) is 4.89. The number of amides is 1. The number of aromatic nitrogens is 1. The average Bonchev–Trinajstić information content (AvgIpc) is 2.68. The molecule has 1 aliphatic heterocycles. The summed E-state index contributed by atoms with van der Waals surface area (Å²) < 4.78 is 18.3. The van der Waals surface area contributed by atoms with E-state index in [0.29, 0.717) is 26.2 Å². The van der Waals surface area contributed by atoms with Gasteiger partial charge in [0.15, 0.2) is 6.61 Å². The van der Waals surface area contributed by atoms with Crippen LogP contribution in [0.25, 0.3) is 0 Å². The lowest BCUT2D eigenvalue weighted by molar-refractivity contribution is -0.386. The van der Waals surface area contributed by atoms with Gasteiger partial charge in [0, 0.05) is 38.3 Å². The molecule has 1 amide bonds. The summed E-state index contributed by atoms with van der Waals surface area (Å²) in [6, 6.07) is 7.42. The number of rotatable bonds is 6. The minimum Gasteiger partial charge on any atom is -0.463 e. The second-order valence-corrected chi connectivity index (χ2v) is 7.26. The number of nitrogens with zero attached hydrogens (tertiary/aromatic N) is 4.